The molecule has 3 aromatic rings. The van der Waals surface area contributed by atoms with E-state index in [-0.39, 0.29) is 43.0 Å². The van der Waals surface area contributed by atoms with Crippen LogP contribution in [0.4, 0.5) is 10.8 Å². The van der Waals surface area contributed by atoms with Gasteiger partial charge in [-0.2, -0.15) is 0 Å². The van der Waals surface area contributed by atoms with Crippen molar-refractivity contribution in [1.82, 2.24) is 9.88 Å². The summed E-state index contributed by atoms with van der Waals surface area (Å²) < 4.78 is 1.03. The Bertz CT molecular complexity index is 1170. The molecule has 0 radical (unpaired) electrons. The SMILES string of the molecule is Cc1cc2nc(N(CCN(C)C)C(=O)c3cccc(N4C(=O)CCC4=O)c3)sc2cc1C.Cl. The predicted molar refractivity (Wildman–Crippen MR) is 135 cm³/mol. The fraction of sp³-hybridized carbons (Fsp3) is 0.333. The van der Waals surface area contributed by atoms with Crippen molar-refractivity contribution in [3.8, 4) is 0 Å². The first kappa shape index (κ1) is 24.8. The molecule has 1 fully saturated rings. The molecule has 9 heteroatoms. The third kappa shape index (κ3) is 5.08. The van der Waals surface area contributed by atoms with E-state index in [4.69, 9.17) is 4.98 Å². The quantitative estimate of drug-likeness (QED) is 0.488. The largest absolute Gasteiger partial charge is 0.308 e. The van der Waals surface area contributed by atoms with Gasteiger partial charge in [0.15, 0.2) is 5.13 Å². The third-order valence-corrected chi connectivity index (χ3v) is 6.68. The molecular formula is C24H27ClN4O3S. The number of carbonyl (C=O) groups excluding carboxylic acids is 3. The van der Waals surface area contributed by atoms with Gasteiger partial charge in [-0.1, -0.05) is 17.4 Å². The zero-order valence-corrected chi connectivity index (χ0v) is 20.8. The van der Waals surface area contributed by atoms with Crippen molar-refractivity contribution < 1.29 is 14.4 Å². The van der Waals surface area contributed by atoms with Gasteiger partial charge in [0.2, 0.25) is 11.8 Å². The second kappa shape index (κ2) is 9.99. The fourth-order valence-corrected chi connectivity index (χ4v) is 4.74. The van der Waals surface area contributed by atoms with Crippen LogP contribution in [0.3, 0.4) is 0 Å². The lowest BCUT2D eigenvalue weighted by atomic mass is 10.1. The first-order chi connectivity index (χ1) is 15.2. The van der Waals surface area contributed by atoms with Gasteiger partial charge in [0, 0.05) is 31.5 Å². The number of carbonyl (C=O) groups is 3. The van der Waals surface area contributed by atoms with Crippen LogP contribution in [-0.4, -0.2) is 54.8 Å². The number of thiazole rings is 1. The molecule has 2 aromatic carbocycles. The Kier molecular flexibility index (Phi) is 7.51. The van der Waals surface area contributed by atoms with Crippen LogP contribution in [0.1, 0.15) is 34.3 Å². The monoisotopic (exact) mass is 486 g/mol. The molecule has 1 aliphatic rings. The highest BCUT2D eigenvalue weighted by Crippen LogP contribution is 2.32. The van der Waals surface area contributed by atoms with E-state index in [1.165, 1.54) is 21.8 Å². The fourth-order valence-electron chi connectivity index (χ4n) is 3.67. The maximum absolute atomic E-state index is 13.6. The number of benzene rings is 2. The summed E-state index contributed by atoms with van der Waals surface area (Å²) in [5.74, 6) is -0.678. The lowest BCUT2D eigenvalue weighted by molar-refractivity contribution is -0.121. The average Bonchev–Trinajstić information content (AvgIpc) is 3.30. The molecule has 174 valence electrons. The first-order valence-electron chi connectivity index (χ1n) is 10.5. The molecule has 0 saturated carbocycles. The van der Waals surface area contributed by atoms with E-state index >= 15 is 0 Å². The minimum absolute atomic E-state index is 0. The number of halogens is 1. The van der Waals surface area contributed by atoms with Gasteiger partial charge in [0.05, 0.1) is 15.9 Å². The van der Waals surface area contributed by atoms with Gasteiger partial charge in [0.1, 0.15) is 0 Å². The molecule has 0 unspecified atom stereocenters. The van der Waals surface area contributed by atoms with E-state index in [1.54, 1.807) is 29.2 Å². The second-order valence-electron chi connectivity index (χ2n) is 8.33. The molecule has 33 heavy (non-hydrogen) atoms. The molecule has 4 rings (SSSR count). The van der Waals surface area contributed by atoms with Crippen molar-refractivity contribution in [1.29, 1.82) is 0 Å². The Morgan fingerprint density at radius 2 is 1.70 bits per heavy atom. The zero-order chi connectivity index (χ0) is 23.0. The zero-order valence-electron chi connectivity index (χ0n) is 19.1. The molecule has 1 aliphatic heterocycles. The van der Waals surface area contributed by atoms with E-state index in [9.17, 15) is 14.4 Å². The lowest BCUT2D eigenvalue weighted by Crippen LogP contribution is -2.37. The number of aromatic nitrogens is 1. The van der Waals surface area contributed by atoms with E-state index in [0.29, 0.717) is 29.5 Å². The highest BCUT2D eigenvalue weighted by molar-refractivity contribution is 7.22. The molecule has 0 spiro atoms. The number of anilines is 2. The third-order valence-electron chi connectivity index (χ3n) is 5.64. The van der Waals surface area contributed by atoms with Crippen LogP contribution in [0.2, 0.25) is 0 Å². The number of hydrogen-bond donors (Lipinski definition) is 0. The van der Waals surface area contributed by atoms with Gasteiger partial charge < -0.3 is 4.90 Å². The molecule has 3 amide bonds. The van der Waals surface area contributed by atoms with E-state index in [1.807, 2.05) is 25.1 Å². The van der Waals surface area contributed by atoms with Gasteiger partial charge in [-0.25, -0.2) is 4.98 Å². The first-order valence-corrected chi connectivity index (χ1v) is 11.4. The summed E-state index contributed by atoms with van der Waals surface area (Å²) in [7, 11) is 3.91. The van der Waals surface area contributed by atoms with E-state index < -0.39 is 0 Å². The van der Waals surface area contributed by atoms with E-state index in [2.05, 4.69) is 19.9 Å². The summed E-state index contributed by atoms with van der Waals surface area (Å²) >= 11 is 1.49. The maximum Gasteiger partial charge on any atom is 0.260 e. The molecule has 1 saturated heterocycles. The van der Waals surface area contributed by atoms with Crippen molar-refractivity contribution in [2.45, 2.75) is 26.7 Å². The van der Waals surface area contributed by atoms with Crippen molar-refractivity contribution >= 4 is 62.5 Å². The van der Waals surface area contributed by atoms with Crippen LogP contribution < -0.4 is 9.80 Å². The van der Waals surface area contributed by atoms with Crippen LogP contribution in [0.5, 0.6) is 0 Å². The number of aryl methyl sites for hydroxylation is 2. The summed E-state index contributed by atoms with van der Waals surface area (Å²) in [6.07, 6.45) is 0.410. The molecule has 0 bridgehead atoms. The maximum atomic E-state index is 13.6. The standard InChI is InChI=1S/C24H26N4O3S.ClH/c1-15-12-19-20(13-16(15)2)32-24(25-19)27(11-10-26(3)4)23(31)17-6-5-7-18(14-17)28-21(29)8-9-22(28)30;/h5-7,12-14H,8-11H2,1-4H3;1H. The summed E-state index contributed by atoms with van der Waals surface area (Å²) in [4.78, 5) is 47.5. The van der Waals surface area contributed by atoms with Crippen molar-refractivity contribution in [3.63, 3.8) is 0 Å². The molecule has 2 heterocycles. The highest BCUT2D eigenvalue weighted by atomic mass is 35.5. The van der Waals surface area contributed by atoms with Gasteiger partial charge in [-0.15, -0.1) is 12.4 Å². The molecular weight excluding hydrogens is 460 g/mol. The summed E-state index contributed by atoms with van der Waals surface area (Å²) in [5.41, 5.74) is 4.07. The van der Waals surface area contributed by atoms with Crippen LogP contribution in [-0.2, 0) is 9.59 Å². The van der Waals surface area contributed by atoms with Gasteiger partial charge in [-0.3, -0.25) is 24.2 Å². The summed E-state index contributed by atoms with van der Waals surface area (Å²) in [6.45, 7) is 5.25. The second-order valence-corrected chi connectivity index (χ2v) is 9.34. The normalized spacial score (nSPS) is 13.7. The number of likely N-dealkylation sites (N-methyl/N-ethyl adjacent to an activating group) is 1. The number of amides is 3. The highest BCUT2D eigenvalue weighted by Gasteiger charge is 2.31. The number of nitrogens with zero attached hydrogens (tertiary/aromatic N) is 4. The smallest absolute Gasteiger partial charge is 0.260 e. The molecule has 0 aliphatic carbocycles. The molecule has 0 atom stereocenters. The Hall–Kier alpha value is -2.81. The van der Waals surface area contributed by atoms with E-state index in [0.717, 1.165) is 15.8 Å². The van der Waals surface area contributed by atoms with Gasteiger partial charge in [0.25, 0.3) is 5.91 Å². The number of rotatable bonds is 6. The van der Waals surface area contributed by atoms with Crippen LogP contribution >= 0.6 is 23.7 Å². The number of fused-ring (bicyclic) bond motifs is 1. The van der Waals surface area contributed by atoms with Gasteiger partial charge in [-0.05, 0) is 69.4 Å². The molecule has 7 nitrogen and oxygen atoms in total. The summed E-state index contributed by atoms with van der Waals surface area (Å²) in [6, 6.07) is 10.9. The van der Waals surface area contributed by atoms with Crippen LogP contribution in [0.15, 0.2) is 36.4 Å². The molecule has 1 aromatic heterocycles. The number of imide groups is 1. The van der Waals surface area contributed by atoms with Crippen molar-refractivity contribution in [2.75, 3.05) is 37.0 Å². The van der Waals surface area contributed by atoms with Crippen molar-refractivity contribution in [3.05, 3.63) is 53.1 Å². The van der Waals surface area contributed by atoms with Gasteiger partial charge >= 0.3 is 0 Å². The average molecular weight is 487 g/mol. The molecule has 0 N–H and O–H groups in total. The number of hydrogen-bond acceptors (Lipinski definition) is 6. The lowest BCUT2D eigenvalue weighted by Gasteiger charge is -2.22. The Labute approximate surface area is 203 Å². The van der Waals surface area contributed by atoms with Crippen molar-refractivity contribution in [2.24, 2.45) is 0 Å². The topological polar surface area (TPSA) is 73.8 Å². The van der Waals surface area contributed by atoms with Crippen LogP contribution in [0, 0.1) is 13.8 Å². The minimum atomic E-state index is -0.235. The predicted octanol–water partition coefficient (Wildman–Crippen LogP) is 4.20. The summed E-state index contributed by atoms with van der Waals surface area (Å²) in [5, 5.41) is 0.635. The Morgan fingerprint density at radius 1 is 1.03 bits per heavy atom. The Balaban J connectivity index is 0.00000306. The minimum Gasteiger partial charge on any atom is -0.308 e. The Morgan fingerprint density at radius 3 is 2.36 bits per heavy atom. The van der Waals surface area contributed by atoms with Crippen LogP contribution in [0.25, 0.3) is 10.2 Å².